The number of esters is 1. The molecule has 1 rings (SSSR count). The van der Waals surface area contributed by atoms with Crippen molar-refractivity contribution in [3.63, 3.8) is 0 Å². The lowest BCUT2D eigenvalue weighted by atomic mass is 9.79. The van der Waals surface area contributed by atoms with E-state index in [2.05, 4.69) is 6.58 Å². The number of carbonyl (C=O) groups excluding carboxylic acids is 1. The molecule has 1 aliphatic carbocycles. The summed E-state index contributed by atoms with van der Waals surface area (Å²) in [5.74, 6) is 0.103. The van der Waals surface area contributed by atoms with Gasteiger partial charge < -0.3 is 9.47 Å². The number of ether oxygens (including phenoxy) is 2. The Balaban J connectivity index is 2.71. The average molecular weight is 240 g/mol. The van der Waals surface area contributed by atoms with Crippen LogP contribution in [0.1, 0.15) is 38.5 Å². The maximum atomic E-state index is 11.8. The Morgan fingerprint density at radius 1 is 1.35 bits per heavy atom. The number of rotatable bonds is 6. The van der Waals surface area contributed by atoms with Gasteiger partial charge in [-0.15, -0.1) is 6.58 Å². The summed E-state index contributed by atoms with van der Waals surface area (Å²) in [5, 5.41) is 0. The fraction of sp³-hybridized carbons (Fsp3) is 0.786. The quantitative estimate of drug-likeness (QED) is 0.529. The summed E-state index contributed by atoms with van der Waals surface area (Å²) in [5.41, 5.74) is 0. The molecule has 0 heterocycles. The van der Waals surface area contributed by atoms with Gasteiger partial charge in [0, 0.05) is 7.11 Å². The number of hydrogen-bond donors (Lipinski definition) is 0. The second-order valence-electron chi connectivity index (χ2n) is 4.75. The van der Waals surface area contributed by atoms with Crippen LogP contribution in [0.15, 0.2) is 12.7 Å². The Bertz CT molecular complexity index is 244. The predicted octanol–water partition coefficient (Wildman–Crippen LogP) is 2.95. The van der Waals surface area contributed by atoms with E-state index in [-0.39, 0.29) is 18.0 Å². The van der Waals surface area contributed by atoms with Crippen LogP contribution in [0.3, 0.4) is 0 Å². The second kappa shape index (κ2) is 7.49. The predicted molar refractivity (Wildman–Crippen MR) is 67.7 cm³/mol. The van der Waals surface area contributed by atoms with Gasteiger partial charge in [-0.1, -0.05) is 25.3 Å². The van der Waals surface area contributed by atoms with Crippen LogP contribution >= 0.6 is 0 Å². The van der Waals surface area contributed by atoms with E-state index in [1.807, 2.05) is 0 Å². The molecule has 2 atom stereocenters. The van der Waals surface area contributed by atoms with Gasteiger partial charge in [0.2, 0.25) is 0 Å². The molecule has 3 nitrogen and oxygen atoms in total. The van der Waals surface area contributed by atoms with E-state index in [9.17, 15) is 4.79 Å². The van der Waals surface area contributed by atoms with Crippen LogP contribution in [0.5, 0.6) is 0 Å². The molecule has 1 fully saturated rings. The molecule has 0 bridgehead atoms. The third-order valence-corrected chi connectivity index (χ3v) is 3.71. The number of carbonyl (C=O) groups is 1. The second-order valence-corrected chi connectivity index (χ2v) is 4.75. The van der Waals surface area contributed by atoms with Gasteiger partial charge in [-0.3, -0.25) is 4.79 Å². The Morgan fingerprint density at radius 2 is 2.00 bits per heavy atom. The molecule has 0 aromatic heterocycles. The third kappa shape index (κ3) is 3.84. The van der Waals surface area contributed by atoms with Gasteiger partial charge in [-0.2, -0.15) is 0 Å². The van der Waals surface area contributed by atoms with Crippen molar-refractivity contribution in [2.24, 2.45) is 11.8 Å². The first-order chi connectivity index (χ1) is 8.24. The molecule has 1 aliphatic rings. The number of methoxy groups -OCH3 is 2. The first kappa shape index (κ1) is 14.2. The van der Waals surface area contributed by atoms with Crippen LogP contribution in [-0.2, 0) is 14.3 Å². The van der Waals surface area contributed by atoms with Crippen LogP contribution in [-0.4, -0.2) is 26.3 Å². The summed E-state index contributed by atoms with van der Waals surface area (Å²) in [4.78, 5) is 11.8. The topological polar surface area (TPSA) is 35.5 Å². The zero-order valence-corrected chi connectivity index (χ0v) is 11.0. The van der Waals surface area contributed by atoms with Crippen LogP contribution in [0.2, 0.25) is 0 Å². The molecule has 0 radical (unpaired) electrons. The molecule has 0 aliphatic heterocycles. The zero-order chi connectivity index (χ0) is 12.7. The van der Waals surface area contributed by atoms with Crippen molar-refractivity contribution < 1.29 is 14.3 Å². The molecule has 1 saturated carbocycles. The smallest absolute Gasteiger partial charge is 0.311 e. The van der Waals surface area contributed by atoms with E-state index in [4.69, 9.17) is 9.47 Å². The van der Waals surface area contributed by atoms with E-state index < -0.39 is 0 Å². The van der Waals surface area contributed by atoms with Crippen molar-refractivity contribution in [1.29, 1.82) is 0 Å². The van der Waals surface area contributed by atoms with E-state index in [0.29, 0.717) is 12.3 Å². The van der Waals surface area contributed by atoms with Crippen LogP contribution in [0.25, 0.3) is 0 Å². The van der Waals surface area contributed by atoms with Gasteiger partial charge in [-0.25, -0.2) is 0 Å². The van der Waals surface area contributed by atoms with Gasteiger partial charge in [0.15, 0.2) is 0 Å². The summed E-state index contributed by atoms with van der Waals surface area (Å²) in [7, 11) is 3.13. The van der Waals surface area contributed by atoms with Crippen LogP contribution < -0.4 is 0 Å². The fourth-order valence-corrected chi connectivity index (χ4v) is 2.84. The number of hydrogen-bond acceptors (Lipinski definition) is 3. The van der Waals surface area contributed by atoms with Gasteiger partial charge in [0.1, 0.15) is 0 Å². The van der Waals surface area contributed by atoms with E-state index >= 15 is 0 Å². The largest absolute Gasteiger partial charge is 0.469 e. The molecule has 0 spiro atoms. The average Bonchev–Trinajstić information content (AvgIpc) is 2.39. The summed E-state index contributed by atoms with van der Waals surface area (Å²) in [6, 6.07) is 0. The summed E-state index contributed by atoms with van der Waals surface area (Å²) >= 11 is 0. The van der Waals surface area contributed by atoms with E-state index in [1.54, 1.807) is 13.2 Å². The Morgan fingerprint density at radius 3 is 2.47 bits per heavy atom. The van der Waals surface area contributed by atoms with Crippen molar-refractivity contribution in [2.45, 2.75) is 44.6 Å². The molecule has 0 amide bonds. The van der Waals surface area contributed by atoms with Gasteiger partial charge in [-0.05, 0) is 25.2 Å². The highest BCUT2D eigenvalue weighted by Gasteiger charge is 2.34. The molecule has 17 heavy (non-hydrogen) atoms. The molecule has 0 unspecified atom stereocenters. The summed E-state index contributed by atoms with van der Waals surface area (Å²) in [6.45, 7) is 3.72. The minimum absolute atomic E-state index is 0.0271. The third-order valence-electron chi connectivity index (χ3n) is 3.71. The lowest BCUT2D eigenvalue weighted by Crippen LogP contribution is -2.37. The van der Waals surface area contributed by atoms with Gasteiger partial charge in [0.25, 0.3) is 0 Å². The van der Waals surface area contributed by atoms with Gasteiger partial charge >= 0.3 is 5.97 Å². The zero-order valence-electron chi connectivity index (χ0n) is 11.0. The first-order valence-electron chi connectivity index (χ1n) is 6.46. The first-order valence-corrected chi connectivity index (χ1v) is 6.46. The Labute approximate surface area is 104 Å². The highest BCUT2D eigenvalue weighted by molar-refractivity contribution is 5.73. The highest BCUT2D eigenvalue weighted by Crippen LogP contribution is 2.32. The van der Waals surface area contributed by atoms with Crippen molar-refractivity contribution >= 4 is 5.97 Å². The molecule has 0 saturated heterocycles. The minimum atomic E-state index is -0.203. The van der Waals surface area contributed by atoms with Crippen molar-refractivity contribution in [3.05, 3.63) is 12.7 Å². The molecule has 3 heteroatoms. The van der Waals surface area contributed by atoms with E-state index in [0.717, 1.165) is 12.8 Å². The monoisotopic (exact) mass is 240 g/mol. The maximum absolute atomic E-state index is 11.8. The molecule has 98 valence electrons. The normalized spacial score (nSPS) is 20.6. The molecular formula is C14H24O3. The Hall–Kier alpha value is -0.830. The SMILES string of the molecule is C=CC[C@H](C(=O)OC)[C@H](OC)C1CCCCC1. The molecule has 0 N–H and O–H groups in total. The lowest BCUT2D eigenvalue weighted by molar-refractivity contribution is -0.152. The molecular weight excluding hydrogens is 216 g/mol. The van der Waals surface area contributed by atoms with Crippen LogP contribution in [0.4, 0.5) is 0 Å². The Kier molecular flexibility index (Phi) is 6.27. The van der Waals surface area contributed by atoms with E-state index in [1.165, 1.54) is 26.4 Å². The van der Waals surface area contributed by atoms with Crippen LogP contribution in [0, 0.1) is 11.8 Å². The highest BCUT2D eigenvalue weighted by atomic mass is 16.5. The lowest BCUT2D eigenvalue weighted by Gasteiger charge is -2.33. The van der Waals surface area contributed by atoms with Crippen molar-refractivity contribution in [3.8, 4) is 0 Å². The summed E-state index contributed by atoms with van der Waals surface area (Å²) in [6.07, 6.45) is 8.47. The number of allylic oxidation sites excluding steroid dienone is 1. The van der Waals surface area contributed by atoms with Gasteiger partial charge in [0.05, 0.1) is 19.1 Å². The molecule has 0 aromatic carbocycles. The molecule has 0 aromatic rings. The minimum Gasteiger partial charge on any atom is -0.469 e. The summed E-state index contributed by atoms with van der Waals surface area (Å²) < 4.78 is 10.5. The maximum Gasteiger partial charge on any atom is 0.311 e. The van der Waals surface area contributed by atoms with Crippen molar-refractivity contribution in [2.75, 3.05) is 14.2 Å². The standard InChI is InChI=1S/C14H24O3/c1-4-8-12(14(15)17-3)13(16-2)11-9-6-5-7-10-11/h4,11-13H,1,5-10H2,2-3H3/t12-,13+/m0/s1. The fourth-order valence-electron chi connectivity index (χ4n) is 2.84. The van der Waals surface area contributed by atoms with Crippen molar-refractivity contribution in [1.82, 2.24) is 0 Å².